The quantitative estimate of drug-likeness (QED) is 0.794. The number of carbonyl (C=O) groups excluding carboxylic acids is 1. The largest absolute Gasteiger partial charge is 0.480 e. The van der Waals surface area contributed by atoms with Crippen molar-refractivity contribution in [3.8, 4) is 0 Å². The van der Waals surface area contributed by atoms with Crippen LogP contribution in [0, 0.1) is 5.82 Å². The Morgan fingerprint density at radius 2 is 1.73 bits per heavy atom. The highest BCUT2D eigenvalue weighted by Gasteiger charge is 2.17. The molecule has 0 aliphatic heterocycles. The maximum Gasteiger partial charge on any atom is 0.325 e. The highest BCUT2D eigenvalue weighted by Crippen LogP contribution is 2.26. The number of halogens is 3. The Kier molecular flexibility index (Phi) is 8.18. The van der Waals surface area contributed by atoms with Crippen molar-refractivity contribution in [3.63, 3.8) is 0 Å². The Balaban J connectivity index is 0.000000433. The smallest absolute Gasteiger partial charge is 0.325 e. The summed E-state index contributed by atoms with van der Waals surface area (Å²) in [5.74, 6) is -2.25. The minimum Gasteiger partial charge on any atom is -0.480 e. The monoisotopic (exact) mass is 320 g/mol. The van der Waals surface area contributed by atoms with Crippen LogP contribution < -0.4 is 11.1 Å². The number of alkyl halides is 2. The van der Waals surface area contributed by atoms with E-state index in [1.165, 1.54) is 26.0 Å². The molecule has 5 nitrogen and oxygen atoms in total. The van der Waals surface area contributed by atoms with E-state index in [0.29, 0.717) is 0 Å². The van der Waals surface area contributed by atoms with Gasteiger partial charge in [-0.15, -0.1) is 0 Å². The van der Waals surface area contributed by atoms with Crippen molar-refractivity contribution >= 4 is 11.9 Å². The molecule has 2 atom stereocenters. The molecule has 1 aromatic rings. The van der Waals surface area contributed by atoms with Gasteiger partial charge in [0, 0.05) is 18.5 Å². The Labute approximate surface area is 126 Å². The second-order valence-electron chi connectivity index (χ2n) is 4.60. The molecular weight excluding hydrogens is 301 g/mol. The third-order valence-corrected chi connectivity index (χ3v) is 2.57. The van der Waals surface area contributed by atoms with E-state index in [4.69, 9.17) is 10.8 Å². The molecule has 0 saturated carbocycles. The summed E-state index contributed by atoms with van der Waals surface area (Å²) in [4.78, 5) is 20.2. The van der Waals surface area contributed by atoms with Crippen molar-refractivity contribution < 1.29 is 27.9 Å². The van der Waals surface area contributed by atoms with Crippen LogP contribution in [0.4, 0.5) is 13.2 Å². The second kappa shape index (κ2) is 9.04. The highest BCUT2D eigenvalue weighted by atomic mass is 19.3. The standard InChI is InChI=1S/C9H10F3N.C5H9NO3/c1-5(13)6-3-2-4-7(8(6)10)9(11)12;1-3(5(8)9)6-4(2)7/h2-5,9H,13H2,1H3;3H,1-2H3,(H,6,7)(H,8,9). The first kappa shape index (κ1) is 19.9. The van der Waals surface area contributed by atoms with Gasteiger partial charge in [-0.2, -0.15) is 0 Å². The molecule has 1 aromatic carbocycles. The maximum atomic E-state index is 13.2. The van der Waals surface area contributed by atoms with Gasteiger partial charge >= 0.3 is 5.97 Å². The summed E-state index contributed by atoms with van der Waals surface area (Å²) < 4.78 is 37.6. The first-order chi connectivity index (χ1) is 10.1. The SMILES string of the molecule is CC(=O)NC(C)C(=O)O.CC(N)c1cccc(C(F)F)c1F. The lowest BCUT2D eigenvalue weighted by Crippen LogP contribution is -2.36. The van der Waals surface area contributed by atoms with Gasteiger partial charge in [-0.3, -0.25) is 9.59 Å². The number of amides is 1. The van der Waals surface area contributed by atoms with Crippen LogP contribution in [0.3, 0.4) is 0 Å². The molecule has 0 bridgehead atoms. The molecule has 8 heteroatoms. The van der Waals surface area contributed by atoms with Gasteiger partial charge in [0.05, 0.1) is 5.56 Å². The third-order valence-electron chi connectivity index (χ3n) is 2.57. The lowest BCUT2D eigenvalue weighted by molar-refractivity contribution is -0.140. The molecule has 0 saturated heterocycles. The van der Waals surface area contributed by atoms with Crippen molar-refractivity contribution in [3.05, 3.63) is 35.1 Å². The molecule has 1 rings (SSSR count). The zero-order valence-corrected chi connectivity index (χ0v) is 12.4. The van der Waals surface area contributed by atoms with Gasteiger partial charge < -0.3 is 16.2 Å². The van der Waals surface area contributed by atoms with Gasteiger partial charge in [0.25, 0.3) is 6.43 Å². The Morgan fingerprint density at radius 1 is 1.23 bits per heavy atom. The molecule has 4 N–H and O–H groups in total. The van der Waals surface area contributed by atoms with Crippen LogP contribution in [-0.4, -0.2) is 23.0 Å². The van der Waals surface area contributed by atoms with Crippen LogP contribution in [0.2, 0.25) is 0 Å². The van der Waals surface area contributed by atoms with E-state index in [0.717, 1.165) is 6.07 Å². The molecule has 22 heavy (non-hydrogen) atoms. The molecule has 0 aliphatic carbocycles. The molecular formula is C14H19F3N2O3. The van der Waals surface area contributed by atoms with Crippen molar-refractivity contribution in [2.75, 3.05) is 0 Å². The van der Waals surface area contributed by atoms with Crippen LogP contribution in [0.1, 0.15) is 44.4 Å². The summed E-state index contributed by atoms with van der Waals surface area (Å²) in [7, 11) is 0. The number of carboxylic acid groups (broad SMARTS) is 1. The Hall–Kier alpha value is -2.09. The number of nitrogens with two attached hydrogens (primary N) is 1. The van der Waals surface area contributed by atoms with Crippen molar-refractivity contribution in [1.82, 2.24) is 5.32 Å². The van der Waals surface area contributed by atoms with Crippen molar-refractivity contribution in [2.45, 2.75) is 39.3 Å². The predicted molar refractivity (Wildman–Crippen MR) is 74.9 cm³/mol. The van der Waals surface area contributed by atoms with Gasteiger partial charge in [-0.05, 0) is 13.8 Å². The average Bonchev–Trinajstić information content (AvgIpc) is 2.38. The van der Waals surface area contributed by atoms with E-state index < -0.39 is 35.9 Å². The average molecular weight is 320 g/mol. The van der Waals surface area contributed by atoms with Crippen LogP contribution in [0.15, 0.2) is 18.2 Å². The zero-order valence-electron chi connectivity index (χ0n) is 12.4. The molecule has 124 valence electrons. The van der Waals surface area contributed by atoms with E-state index in [2.05, 4.69) is 5.32 Å². The lowest BCUT2D eigenvalue weighted by atomic mass is 10.0. The minimum absolute atomic E-state index is 0.123. The molecule has 0 aliphatic rings. The molecule has 2 unspecified atom stereocenters. The zero-order chi connectivity index (χ0) is 17.4. The normalized spacial score (nSPS) is 12.9. The number of hydrogen-bond donors (Lipinski definition) is 3. The Bertz CT molecular complexity index is 496. The topological polar surface area (TPSA) is 92.4 Å². The summed E-state index contributed by atoms with van der Waals surface area (Å²) in [5.41, 5.74) is 4.93. The number of rotatable bonds is 4. The molecule has 0 spiro atoms. The third kappa shape index (κ3) is 6.57. The van der Waals surface area contributed by atoms with E-state index >= 15 is 0 Å². The van der Waals surface area contributed by atoms with E-state index in [9.17, 15) is 22.8 Å². The first-order valence-corrected chi connectivity index (χ1v) is 6.39. The van der Waals surface area contributed by atoms with Gasteiger partial charge in [0.15, 0.2) is 0 Å². The van der Waals surface area contributed by atoms with Crippen molar-refractivity contribution in [1.29, 1.82) is 0 Å². The van der Waals surface area contributed by atoms with Gasteiger partial charge in [0.1, 0.15) is 11.9 Å². The summed E-state index contributed by atoms with van der Waals surface area (Å²) in [6.07, 6.45) is -2.79. The van der Waals surface area contributed by atoms with E-state index in [-0.39, 0.29) is 11.5 Å². The first-order valence-electron chi connectivity index (χ1n) is 6.39. The molecule has 1 amide bonds. The van der Waals surface area contributed by atoms with Crippen LogP contribution in [0.5, 0.6) is 0 Å². The molecule has 0 aromatic heterocycles. The van der Waals surface area contributed by atoms with Crippen LogP contribution >= 0.6 is 0 Å². The van der Waals surface area contributed by atoms with Crippen LogP contribution in [0.25, 0.3) is 0 Å². The van der Waals surface area contributed by atoms with Gasteiger partial charge in [-0.1, -0.05) is 18.2 Å². The minimum atomic E-state index is -2.79. The van der Waals surface area contributed by atoms with E-state index in [1.807, 2.05) is 0 Å². The highest BCUT2D eigenvalue weighted by molar-refractivity contribution is 5.81. The summed E-state index contributed by atoms with van der Waals surface area (Å²) in [6.45, 7) is 4.23. The molecule has 0 heterocycles. The lowest BCUT2D eigenvalue weighted by Gasteiger charge is -2.09. The molecule has 0 radical (unpaired) electrons. The fourth-order valence-corrected chi connectivity index (χ4v) is 1.46. The number of carbonyl (C=O) groups is 2. The molecule has 0 fully saturated rings. The second-order valence-corrected chi connectivity index (χ2v) is 4.60. The fraction of sp³-hybridized carbons (Fsp3) is 0.429. The maximum absolute atomic E-state index is 13.2. The van der Waals surface area contributed by atoms with Gasteiger partial charge in [0.2, 0.25) is 5.91 Å². The predicted octanol–water partition coefficient (Wildman–Crippen LogP) is 2.38. The summed E-state index contributed by atoms with van der Waals surface area (Å²) in [6, 6.07) is 2.49. The van der Waals surface area contributed by atoms with Crippen molar-refractivity contribution in [2.24, 2.45) is 5.73 Å². The number of benzene rings is 1. The summed E-state index contributed by atoms with van der Waals surface area (Å²) in [5, 5.41) is 10.4. The number of hydrogen-bond acceptors (Lipinski definition) is 3. The van der Waals surface area contributed by atoms with E-state index in [1.54, 1.807) is 6.92 Å². The number of carboxylic acids is 1. The number of aliphatic carboxylic acids is 1. The fourth-order valence-electron chi connectivity index (χ4n) is 1.46. The Morgan fingerprint density at radius 3 is 2.05 bits per heavy atom. The summed E-state index contributed by atoms with van der Waals surface area (Å²) >= 11 is 0. The van der Waals surface area contributed by atoms with Gasteiger partial charge in [-0.25, -0.2) is 13.2 Å². The number of nitrogens with one attached hydrogen (secondary N) is 1. The van der Waals surface area contributed by atoms with Crippen LogP contribution in [-0.2, 0) is 9.59 Å².